The van der Waals surface area contributed by atoms with E-state index in [0.29, 0.717) is 50.5 Å². The highest BCUT2D eigenvalue weighted by atomic mass is 19.4. The summed E-state index contributed by atoms with van der Waals surface area (Å²) in [4.78, 5) is 32.2. The van der Waals surface area contributed by atoms with E-state index in [1.165, 1.54) is 12.1 Å². The van der Waals surface area contributed by atoms with Crippen molar-refractivity contribution in [2.24, 2.45) is 10.7 Å². The van der Waals surface area contributed by atoms with E-state index >= 15 is 8.78 Å². The lowest BCUT2D eigenvalue weighted by Gasteiger charge is -2.48. The van der Waals surface area contributed by atoms with Gasteiger partial charge in [0.15, 0.2) is 17.3 Å². The van der Waals surface area contributed by atoms with Crippen LogP contribution < -0.4 is 15.8 Å². The van der Waals surface area contributed by atoms with E-state index in [0.717, 1.165) is 23.2 Å². The number of nitrogens with zero attached hydrogens (tertiary/aromatic N) is 3. The summed E-state index contributed by atoms with van der Waals surface area (Å²) >= 11 is 0. The number of benzene rings is 2. The highest BCUT2D eigenvalue weighted by Crippen LogP contribution is 2.45. The second-order valence-electron chi connectivity index (χ2n) is 17.2. The minimum Gasteiger partial charge on any atom is -0.509 e. The number of nitrogens with two attached hydrogens (primary N) is 1. The maximum absolute atomic E-state index is 15.7. The fraction of sp³-hybridized carbons (Fsp3) is 0.587. The van der Waals surface area contributed by atoms with Gasteiger partial charge in [0.2, 0.25) is 5.82 Å². The molecule has 396 valence electrons. The first kappa shape index (κ1) is 57.1. The smallest absolute Gasteiger partial charge is 0.431 e. The highest BCUT2D eigenvalue weighted by Gasteiger charge is 2.53. The van der Waals surface area contributed by atoms with Gasteiger partial charge in [-0.15, -0.1) is 0 Å². The average molecular weight is 1030 g/mol. The third kappa shape index (κ3) is 14.4. The van der Waals surface area contributed by atoms with Crippen LogP contribution in [0.1, 0.15) is 67.2 Å². The zero-order valence-electron chi connectivity index (χ0n) is 38.7. The molecule has 5 atom stereocenters. The normalized spacial score (nSPS) is 18.8. The van der Waals surface area contributed by atoms with E-state index in [-0.39, 0.29) is 70.0 Å². The van der Waals surface area contributed by atoms with Crippen molar-refractivity contribution in [1.82, 2.24) is 15.3 Å². The lowest BCUT2D eigenvalue weighted by atomic mass is 9.85. The number of nitrogens with one attached hydrogen (secondary N) is 1. The Hall–Kier alpha value is -4.83. The molecular formula is C46H59F8N5O12. The molecule has 3 aliphatic rings. The Morgan fingerprint density at radius 1 is 0.859 bits per heavy atom. The summed E-state index contributed by atoms with van der Waals surface area (Å²) in [5.74, 6) is -6.11. The van der Waals surface area contributed by atoms with Gasteiger partial charge in [-0.3, -0.25) is 19.6 Å². The number of allylic oxidation sites excluding steroid dienone is 2. The number of aliphatic hydroxyl groups is 6. The van der Waals surface area contributed by atoms with Gasteiger partial charge in [-0.05, 0) is 61.9 Å². The number of amides is 1. The van der Waals surface area contributed by atoms with E-state index in [4.69, 9.17) is 29.8 Å². The first-order valence-corrected chi connectivity index (χ1v) is 22.7. The van der Waals surface area contributed by atoms with Crippen LogP contribution in [0.5, 0.6) is 5.75 Å². The average Bonchev–Trinajstić information content (AvgIpc) is 3.83. The van der Waals surface area contributed by atoms with Crippen LogP contribution in [-0.4, -0.2) is 167 Å². The van der Waals surface area contributed by atoms with Crippen LogP contribution in [0.15, 0.2) is 58.4 Å². The Morgan fingerprint density at radius 2 is 1.46 bits per heavy atom. The largest absolute Gasteiger partial charge is 0.509 e. The number of ether oxygens (including phenoxy) is 4. The second kappa shape index (κ2) is 25.2. The van der Waals surface area contributed by atoms with Gasteiger partial charge >= 0.3 is 12.4 Å². The lowest BCUT2D eigenvalue weighted by Crippen LogP contribution is -2.61. The monoisotopic (exact) mass is 1030 g/mol. The summed E-state index contributed by atoms with van der Waals surface area (Å²) in [7, 11) is 1.43. The zero-order valence-corrected chi connectivity index (χ0v) is 38.7. The Balaban J connectivity index is 1.12. The van der Waals surface area contributed by atoms with Crippen LogP contribution in [0.2, 0.25) is 0 Å². The Labute approximate surface area is 403 Å². The molecule has 0 radical (unpaired) electrons. The molecular weight excluding hydrogens is 967 g/mol. The number of halogens is 8. The van der Waals surface area contributed by atoms with Gasteiger partial charge in [0.05, 0.1) is 69.1 Å². The van der Waals surface area contributed by atoms with Gasteiger partial charge in [-0.25, -0.2) is 9.40 Å². The summed E-state index contributed by atoms with van der Waals surface area (Å²) in [5.41, 5.74) is -0.246. The van der Waals surface area contributed by atoms with Crippen molar-refractivity contribution in [3.63, 3.8) is 0 Å². The van der Waals surface area contributed by atoms with E-state index in [1.54, 1.807) is 0 Å². The summed E-state index contributed by atoms with van der Waals surface area (Å²) in [6.45, 7) is -1.23. The van der Waals surface area contributed by atoms with Crippen molar-refractivity contribution in [1.29, 1.82) is 0 Å². The third-order valence-corrected chi connectivity index (χ3v) is 12.4. The molecule has 0 saturated heterocycles. The minimum atomic E-state index is -4.93. The molecule has 0 bridgehead atoms. The van der Waals surface area contributed by atoms with Crippen molar-refractivity contribution in [2.75, 3.05) is 66.6 Å². The van der Waals surface area contributed by atoms with Gasteiger partial charge in [-0.2, -0.15) is 30.7 Å². The second-order valence-corrected chi connectivity index (χ2v) is 17.2. The molecule has 1 fully saturated rings. The van der Waals surface area contributed by atoms with Gasteiger partial charge in [0.1, 0.15) is 48.6 Å². The van der Waals surface area contributed by atoms with Crippen LogP contribution in [0.25, 0.3) is 0 Å². The number of hydrogen-bond donors (Lipinski definition) is 8. The molecule has 9 N–H and O–H groups in total. The predicted octanol–water partition coefficient (Wildman–Crippen LogP) is 3.27. The molecule has 1 aliphatic carbocycles. The van der Waals surface area contributed by atoms with Crippen LogP contribution in [0, 0.1) is 11.6 Å². The molecule has 0 aromatic heterocycles. The molecule has 17 nitrogen and oxygen atoms in total. The molecule has 25 heteroatoms. The van der Waals surface area contributed by atoms with Gasteiger partial charge in [0.25, 0.3) is 5.91 Å². The molecule has 1 spiro atoms. The van der Waals surface area contributed by atoms with Crippen molar-refractivity contribution >= 4 is 17.4 Å². The van der Waals surface area contributed by atoms with E-state index in [1.807, 2.05) is 5.32 Å². The molecule has 71 heavy (non-hydrogen) atoms. The number of rotatable bonds is 26. The number of ketones is 1. The number of aliphatic imine (C=N–C) groups is 1. The fourth-order valence-corrected chi connectivity index (χ4v) is 8.43. The molecule has 2 aromatic rings. The maximum atomic E-state index is 15.7. The Kier molecular flexibility index (Phi) is 20.3. The summed E-state index contributed by atoms with van der Waals surface area (Å²) in [5, 5.41) is 63.9. The van der Waals surface area contributed by atoms with Crippen molar-refractivity contribution in [2.45, 2.75) is 106 Å². The van der Waals surface area contributed by atoms with E-state index in [2.05, 4.69) is 4.99 Å². The van der Waals surface area contributed by atoms with Gasteiger partial charge in [-0.1, -0.05) is 25.0 Å². The van der Waals surface area contributed by atoms with Crippen molar-refractivity contribution in [3.8, 4) is 5.75 Å². The molecule has 1 amide bonds. The van der Waals surface area contributed by atoms with Gasteiger partial charge in [0, 0.05) is 37.2 Å². The number of carbonyl (C=O) groups is 2. The standard InChI is InChI=1S/C46H59F8N5O12/c1-58-44(10-2-3-11-44)42(66)37(32(61)19-26-6-8-28(45(49,50)51)20-30(26)31-22-36(46(52,53)54)57-25-56-31)43(67)59(58)23-27-7-9-35(39(48)38(27)47)71-18-17-70-16-15-69-14-13-68-12-4-5-29(55)21-33(62)40(64)41(65)34(63)24-60/h6-9,20,22,29,33-34,40-41,57,60,62-66H,2-5,10-19,21,23-25,55H2,1H3. The zero-order chi connectivity index (χ0) is 52.3. The van der Waals surface area contributed by atoms with Crippen LogP contribution in [-0.2, 0) is 42.9 Å². The Bertz CT molecular complexity index is 2240. The molecule has 2 aliphatic heterocycles. The Morgan fingerprint density at radius 3 is 2.08 bits per heavy atom. The number of carbonyl (C=O) groups excluding carboxylic acids is 2. The number of hydrazine groups is 1. The molecule has 5 rings (SSSR count). The third-order valence-electron chi connectivity index (χ3n) is 12.4. The lowest BCUT2D eigenvalue weighted by molar-refractivity contribution is -0.163. The highest BCUT2D eigenvalue weighted by molar-refractivity contribution is 6.21. The minimum absolute atomic E-state index is 0.0397. The molecule has 2 heterocycles. The number of likely N-dealkylation sites (N-methyl/N-ethyl adjacent to an activating group) is 1. The van der Waals surface area contributed by atoms with Crippen LogP contribution >= 0.6 is 0 Å². The summed E-state index contributed by atoms with van der Waals surface area (Å²) in [6.07, 6.45) is -14.3. The first-order chi connectivity index (χ1) is 33.5. The SMILES string of the molecule is CN1N(Cc2ccc(OCCOCCOCCOCCCC(N)CC(O)C(O)C(O)C(O)CO)c(F)c2F)C(=O)C(C(=O)Cc2ccc(C(F)(F)F)cc2C2=NCNC(C(F)(F)F)=C2)=C(O)C12CCCC2. The van der Waals surface area contributed by atoms with E-state index in [9.17, 15) is 61.5 Å². The first-order valence-electron chi connectivity index (χ1n) is 22.7. The number of aliphatic hydroxyl groups excluding tert-OH is 6. The van der Waals surface area contributed by atoms with Crippen LogP contribution in [0.3, 0.4) is 0 Å². The number of hydrogen-bond acceptors (Lipinski definition) is 16. The summed E-state index contributed by atoms with van der Waals surface area (Å²) < 4.78 is 135. The number of alkyl halides is 6. The molecule has 5 unspecified atom stereocenters. The molecule has 1 saturated carbocycles. The van der Waals surface area contributed by atoms with E-state index < -0.39 is 138 Å². The quantitative estimate of drug-likeness (QED) is 0.0383. The summed E-state index contributed by atoms with van der Waals surface area (Å²) in [6, 6.07) is 3.81. The maximum Gasteiger partial charge on any atom is 0.431 e. The van der Waals surface area contributed by atoms with Gasteiger partial charge < -0.3 is 60.6 Å². The van der Waals surface area contributed by atoms with Crippen LogP contribution in [0.4, 0.5) is 35.1 Å². The van der Waals surface area contributed by atoms with Crippen molar-refractivity contribution < 1.29 is 94.3 Å². The number of Topliss-reactive ketones (excluding diaryl/α,β-unsaturated/α-hetero) is 1. The van der Waals surface area contributed by atoms with Crippen molar-refractivity contribution in [3.05, 3.63) is 87.3 Å². The topological polar surface area (TPSA) is 249 Å². The fourth-order valence-electron chi connectivity index (χ4n) is 8.43. The predicted molar refractivity (Wildman–Crippen MR) is 235 cm³/mol. The molecule has 2 aromatic carbocycles.